The summed E-state index contributed by atoms with van der Waals surface area (Å²) in [4.78, 5) is 37.2. The Morgan fingerprint density at radius 3 is 2.61 bits per heavy atom. The molecule has 0 unspecified atom stereocenters. The van der Waals surface area contributed by atoms with Crippen LogP contribution in [0.25, 0.3) is 6.08 Å². The minimum atomic E-state index is -0.615. The van der Waals surface area contributed by atoms with Gasteiger partial charge in [0.2, 0.25) is 0 Å². The molecule has 2 aromatic carbocycles. The van der Waals surface area contributed by atoms with Gasteiger partial charge in [0.05, 0.1) is 16.5 Å². The summed E-state index contributed by atoms with van der Waals surface area (Å²) in [6.07, 6.45) is 1.58. The van der Waals surface area contributed by atoms with Gasteiger partial charge in [0.25, 0.3) is 17.1 Å². The third-order valence-corrected chi connectivity index (χ3v) is 5.62. The molecule has 0 aromatic heterocycles. The Kier molecular flexibility index (Phi) is 7.25. The standard InChI is InChI=1S/C22H21ClN2O5S/c1-13-3-4-14(2)18(9-13)29-8-7-25-21(27)19(31-22(25)28)11-15-5-6-17(16(23)10-15)30-12-20(24)26/h3-6,9-11H,7-8,12H2,1-2H3,(H2,24,26)/b19-11-. The summed E-state index contributed by atoms with van der Waals surface area (Å²) in [7, 11) is 0. The van der Waals surface area contributed by atoms with Gasteiger partial charge in [-0.25, -0.2) is 0 Å². The van der Waals surface area contributed by atoms with Gasteiger partial charge in [-0.15, -0.1) is 0 Å². The van der Waals surface area contributed by atoms with Crippen LogP contribution >= 0.6 is 23.4 Å². The first-order valence-electron chi connectivity index (χ1n) is 9.40. The number of amides is 3. The molecule has 3 rings (SSSR count). The van der Waals surface area contributed by atoms with Gasteiger partial charge in [0, 0.05) is 0 Å². The van der Waals surface area contributed by atoms with Crippen LogP contribution < -0.4 is 15.2 Å². The fourth-order valence-corrected chi connectivity index (χ4v) is 3.94. The molecule has 0 spiro atoms. The minimum absolute atomic E-state index is 0.149. The molecule has 1 saturated heterocycles. The Morgan fingerprint density at radius 2 is 1.90 bits per heavy atom. The molecule has 1 aliphatic rings. The lowest BCUT2D eigenvalue weighted by Crippen LogP contribution is -2.32. The second-order valence-corrected chi connectivity index (χ2v) is 8.30. The zero-order chi connectivity index (χ0) is 22.5. The van der Waals surface area contributed by atoms with Crippen molar-refractivity contribution in [3.05, 3.63) is 63.0 Å². The molecule has 31 heavy (non-hydrogen) atoms. The zero-order valence-electron chi connectivity index (χ0n) is 17.0. The van der Waals surface area contributed by atoms with E-state index in [-0.39, 0.29) is 35.9 Å². The van der Waals surface area contributed by atoms with Gasteiger partial charge < -0.3 is 15.2 Å². The van der Waals surface area contributed by atoms with Crippen molar-refractivity contribution >= 4 is 46.5 Å². The maximum atomic E-state index is 12.7. The number of benzene rings is 2. The first-order valence-corrected chi connectivity index (χ1v) is 10.6. The number of rotatable bonds is 8. The van der Waals surface area contributed by atoms with Crippen molar-refractivity contribution in [2.75, 3.05) is 19.8 Å². The van der Waals surface area contributed by atoms with Crippen LogP contribution in [0.3, 0.4) is 0 Å². The Hall–Kier alpha value is -2.97. The van der Waals surface area contributed by atoms with E-state index in [2.05, 4.69) is 0 Å². The predicted molar refractivity (Wildman–Crippen MR) is 120 cm³/mol. The van der Waals surface area contributed by atoms with E-state index in [1.165, 1.54) is 0 Å². The molecule has 7 nitrogen and oxygen atoms in total. The SMILES string of the molecule is Cc1ccc(C)c(OCCN2C(=O)S/C(=C\c3ccc(OCC(N)=O)c(Cl)c3)C2=O)c1. The van der Waals surface area contributed by atoms with Crippen LogP contribution in [0.1, 0.15) is 16.7 Å². The highest BCUT2D eigenvalue weighted by atomic mass is 35.5. The maximum absolute atomic E-state index is 12.7. The number of carbonyl (C=O) groups is 3. The number of hydrogen-bond donors (Lipinski definition) is 1. The van der Waals surface area contributed by atoms with Crippen molar-refractivity contribution in [3.63, 3.8) is 0 Å². The molecule has 2 aromatic rings. The molecule has 0 bridgehead atoms. The van der Waals surface area contributed by atoms with Gasteiger partial charge in [-0.3, -0.25) is 19.3 Å². The van der Waals surface area contributed by atoms with Crippen LogP contribution in [0.4, 0.5) is 4.79 Å². The molecule has 1 fully saturated rings. The lowest BCUT2D eigenvalue weighted by molar-refractivity contribution is -0.123. The summed E-state index contributed by atoms with van der Waals surface area (Å²) in [5, 5.41) is -0.0931. The van der Waals surface area contributed by atoms with Gasteiger partial charge in [0.1, 0.15) is 18.1 Å². The largest absolute Gasteiger partial charge is 0.491 e. The van der Waals surface area contributed by atoms with E-state index in [0.717, 1.165) is 33.5 Å². The summed E-state index contributed by atoms with van der Waals surface area (Å²) in [5.41, 5.74) is 7.72. The van der Waals surface area contributed by atoms with Crippen molar-refractivity contribution in [3.8, 4) is 11.5 Å². The van der Waals surface area contributed by atoms with Crippen LogP contribution in [0.5, 0.6) is 11.5 Å². The lowest BCUT2D eigenvalue weighted by atomic mass is 10.1. The van der Waals surface area contributed by atoms with Crippen molar-refractivity contribution < 1.29 is 23.9 Å². The van der Waals surface area contributed by atoms with Gasteiger partial charge in [0.15, 0.2) is 6.61 Å². The number of primary amides is 1. The lowest BCUT2D eigenvalue weighted by Gasteiger charge is -2.14. The Bertz CT molecular complexity index is 1070. The molecule has 0 radical (unpaired) electrons. The van der Waals surface area contributed by atoms with E-state index in [9.17, 15) is 14.4 Å². The number of thioether (sulfide) groups is 1. The van der Waals surface area contributed by atoms with E-state index < -0.39 is 5.91 Å². The zero-order valence-corrected chi connectivity index (χ0v) is 18.6. The fourth-order valence-electron chi connectivity index (χ4n) is 2.83. The number of nitrogens with two attached hydrogens (primary N) is 1. The second-order valence-electron chi connectivity index (χ2n) is 6.90. The van der Waals surface area contributed by atoms with Crippen molar-refractivity contribution in [2.45, 2.75) is 13.8 Å². The molecule has 9 heteroatoms. The average molecular weight is 461 g/mol. The summed E-state index contributed by atoms with van der Waals surface area (Å²) < 4.78 is 11.0. The highest BCUT2D eigenvalue weighted by Crippen LogP contribution is 2.33. The maximum Gasteiger partial charge on any atom is 0.293 e. The van der Waals surface area contributed by atoms with Crippen LogP contribution in [0, 0.1) is 13.8 Å². The number of hydrogen-bond acceptors (Lipinski definition) is 6. The van der Waals surface area contributed by atoms with Crippen molar-refractivity contribution in [1.82, 2.24) is 4.90 Å². The monoisotopic (exact) mass is 460 g/mol. The summed E-state index contributed by atoms with van der Waals surface area (Å²) in [6.45, 7) is 3.97. The number of imide groups is 1. The smallest absolute Gasteiger partial charge is 0.293 e. The van der Waals surface area contributed by atoms with Crippen LogP contribution in [-0.2, 0) is 9.59 Å². The molecule has 0 aliphatic carbocycles. The molecule has 162 valence electrons. The average Bonchev–Trinajstić information content (AvgIpc) is 2.97. The topological polar surface area (TPSA) is 98.9 Å². The molecular formula is C22H21ClN2O5S. The number of ether oxygens (including phenoxy) is 2. The predicted octanol–water partition coefficient (Wildman–Crippen LogP) is 3.94. The van der Waals surface area contributed by atoms with E-state index in [4.69, 9.17) is 26.8 Å². The Morgan fingerprint density at radius 1 is 1.13 bits per heavy atom. The number of halogens is 1. The first kappa shape index (κ1) is 22.7. The highest BCUT2D eigenvalue weighted by molar-refractivity contribution is 8.18. The van der Waals surface area contributed by atoms with Crippen molar-refractivity contribution in [1.29, 1.82) is 0 Å². The molecule has 3 amide bonds. The number of carbonyl (C=O) groups excluding carboxylic acids is 3. The quantitative estimate of drug-likeness (QED) is 0.599. The van der Waals surface area contributed by atoms with Crippen LogP contribution in [-0.4, -0.2) is 41.7 Å². The first-order chi connectivity index (χ1) is 14.7. The van der Waals surface area contributed by atoms with Gasteiger partial charge in [-0.1, -0.05) is 29.8 Å². The fraction of sp³-hybridized carbons (Fsp3) is 0.227. The van der Waals surface area contributed by atoms with E-state index in [1.807, 2.05) is 32.0 Å². The van der Waals surface area contributed by atoms with Crippen LogP contribution in [0.15, 0.2) is 41.3 Å². The molecule has 1 heterocycles. The molecular weight excluding hydrogens is 440 g/mol. The summed E-state index contributed by atoms with van der Waals surface area (Å²) in [6, 6.07) is 10.7. The highest BCUT2D eigenvalue weighted by Gasteiger charge is 2.34. The third kappa shape index (κ3) is 5.80. The van der Waals surface area contributed by atoms with E-state index in [0.29, 0.717) is 16.2 Å². The summed E-state index contributed by atoms with van der Waals surface area (Å²) in [5.74, 6) is 0.0326. The van der Waals surface area contributed by atoms with E-state index in [1.54, 1.807) is 24.3 Å². The van der Waals surface area contributed by atoms with Crippen LogP contribution in [0.2, 0.25) is 5.02 Å². The normalized spacial score (nSPS) is 14.9. The number of aryl methyl sites for hydroxylation is 2. The molecule has 0 saturated carbocycles. The van der Waals surface area contributed by atoms with Crippen molar-refractivity contribution in [2.24, 2.45) is 5.73 Å². The Balaban J connectivity index is 1.64. The molecule has 2 N–H and O–H groups in total. The number of nitrogens with zero attached hydrogens (tertiary/aromatic N) is 1. The van der Waals surface area contributed by atoms with Gasteiger partial charge in [-0.05, 0) is 66.6 Å². The summed E-state index contributed by atoms with van der Waals surface area (Å²) >= 11 is 7.01. The molecule has 0 atom stereocenters. The minimum Gasteiger partial charge on any atom is -0.491 e. The second kappa shape index (κ2) is 9.89. The third-order valence-electron chi connectivity index (χ3n) is 4.41. The molecule has 1 aliphatic heterocycles. The van der Waals surface area contributed by atoms with Gasteiger partial charge >= 0.3 is 0 Å². The van der Waals surface area contributed by atoms with E-state index >= 15 is 0 Å². The van der Waals surface area contributed by atoms with Gasteiger partial charge in [-0.2, -0.15) is 0 Å². The Labute approximate surface area is 189 Å².